The van der Waals surface area contributed by atoms with E-state index in [2.05, 4.69) is 14.1 Å². The van der Waals surface area contributed by atoms with E-state index in [1.165, 1.54) is 0 Å². The summed E-state index contributed by atoms with van der Waals surface area (Å²) in [6.45, 7) is 0. The number of quaternary nitrogens is 1. The third-order valence-corrected chi connectivity index (χ3v) is 8.09. The number of rotatable bonds is 4. The summed E-state index contributed by atoms with van der Waals surface area (Å²) in [5.41, 5.74) is 0. The van der Waals surface area contributed by atoms with Crippen LogP contribution in [0.1, 0.15) is 28.5 Å². The molecule has 3 aliphatic heterocycles. The first-order valence-corrected chi connectivity index (χ1v) is 10.6. The second kappa shape index (κ2) is 6.71. The Balaban J connectivity index is 0.00000168. The smallest absolute Gasteiger partial charge is 0.319 e. The molecule has 26 heavy (non-hydrogen) atoms. The maximum atomic E-state index is 13.1. The van der Waals surface area contributed by atoms with Gasteiger partial charge in [0.15, 0.2) is 0 Å². The van der Waals surface area contributed by atoms with Crippen molar-refractivity contribution in [3.8, 4) is 0 Å². The van der Waals surface area contributed by atoms with E-state index in [-0.39, 0.29) is 35.0 Å². The lowest BCUT2D eigenvalue weighted by Crippen LogP contribution is -2.60. The van der Waals surface area contributed by atoms with E-state index in [4.69, 9.17) is 9.47 Å². The van der Waals surface area contributed by atoms with Crippen molar-refractivity contribution in [3.05, 3.63) is 44.8 Å². The SMILES string of the molecule is Br.C[N+]1(C)C2CC(OC(=O)C(c3cccs3)c3cccs3)CC1C1OC12. The summed E-state index contributed by atoms with van der Waals surface area (Å²) < 4.78 is 12.9. The summed E-state index contributed by atoms with van der Waals surface area (Å²) in [4.78, 5) is 15.2. The zero-order chi connectivity index (χ0) is 17.2. The van der Waals surface area contributed by atoms with Crippen molar-refractivity contribution >= 4 is 45.6 Å². The summed E-state index contributed by atoms with van der Waals surface area (Å²) in [5, 5.41) is 4.05. The second-order valence-corrected chi connectivity index (χ2v) is 9.78. The fourth-order valence-electron chi connectivity index (χ4n) is 4.82. The van der Waals surface area contributed by atoms with Gasteiger partial charge in [0.2, 0.25) is 0 Å². The number of likely N-dealkylation sites (N-methyl/N-ethyl adjacent to an activating group) is 1. The van der Waals surface area contributed by atoms with Crippen LogP contribution in [0.5, 0.6) is 0 Å². The lowest BCUT2D eigenvalue weighted by atomic mass is 9.96. The number of carbonyl (C=O) groups excluding carboxylic acids is 1. The highest BCUT2D eigenvalue weighted by molar-refractivity contribution is 8.93. The number of fused-ring (bicyclic) bond motifs is 5. The molecule has 0 aromatic carbocycles. The first-order valence-electron chi connectivity index (χ1n) is 8.82. The molecular formula is C19H23BrNO3S2+. The van der Waals surface area contributed by atoms with E-state index in [9.17, 15) is 4.79 Å². The molecule has 4 nitrogen and oxygen atoms in total. The number of morpholine rings is 1. The highest BCUT2D eigenvalue weighted by Crippen LogP contribution is 2.51. The highest BCUT2D eigenvalue weighted by atomic mass is 79.9. The molecule has 3 fully saturated rings. The molecule has 0 saturated carbocycles. The Hall–Kier alpha value is -0.730. The van der Waals surface area contributed by atoms with Gasteiger partial charge in [-0.25, -0.2) is 0 Å². The molecule has 0 aliphatic carbocycles. The van der Waals surface area contributed by atoms with Crippen LogP contribution in [0.25, 0.3) is 0 Å². The Morgan fingerprint density at radius 2 is 1.65 bits per heavy atom. The van der Waals surface area contributed by atoms with Gasteiger partial charge in [0, 0.05) is 22.6 Å². The third-order valence-electron chi connectivity index (χ3n) is 6.21. The van der Waals surface area contributed by atoms with Crippen molar-refractivity contribution in [2.75, 3.05) is 14.1 Å². The van der Waals surface area contributed by atoms with Gasteiger partial charge in [-0.3, -0.25) is 4.79 Å². The van der Waals surface area contributed by atoms with Gasteiger partial charge >= 0.3 is 5.97 Å². The molecule has 3 saturated heterocycles. The molecule has 0 N–H and O–H groups in total. The topological polar surface area (TPSA) is 38.8 Å². The van der Waals surface area contributed by atoms with Gasteiger partial charge in [0.05, 0.1) is 14.1 Å². The number of hydrogen-bond donors (Lipinski definition) is 0. The molecule has 2 bridgehead atoms. The predicted molar refractivity (Wildman–Crippen MR) is 108 cm³/mol. The quantitative estimate of drug-likeness (QED) is 0.398. The third kappa shape index (κ3) is 2.88. The monoisotopic (exact) mass is 456 g/mol. The Kier molecular flexibility index (Phi) is 4.80. The normalized spacial score (nSPS) is 33.4. The second-order valence-electron chi connectivity index (χ2n) is 7.82. The lowest BCUT2D eigenvalue weighted by molar-refractivity contribution is -0.938. The maximum Gasteiger partial charge on any atom is 0.319 e. The molecule has 5 rings (SSSR count). The highest BCUT2D eigenvalue weighted by Gasteiger charge is 2.70. The van der Waals surface area contributed by atoms with E-state index < -0.39 is 0 Å². The van der Waals surface area contributed by atoms with E-state index in [1.54, 1.807) is 22.7 Å². The number of hydrogen-bond acceptors (Lipinski definition) is 5. The van der Waals surface area contributed by atoms with Crippen molar-refractivity contribution in [2.24, 2.45) is 0 Å². The fourth-order valence-corrected chi connectivity index (χ4v) is 6.55. The minimum atomic E-state index is -0.284. The molecule has 0 spiro atoms. The van der Waals surface area contributed by atoms with Gasteiger partial charge in [0.1, 0.15) is 36.3 Å². The molecule has 4 atom stereocenters. The molecule has 4 unspecified atom stereocenters. The maximum absolute atomic E-state index is 13.1. The summed E-state index contributed by atoms with van der Waals surface area (Å²) in [6, 6.07) is 8.99. The molecule has 2 aromatic rings. The van der Waals surface area contributed by atoms with Crippen molar-refractivity contribution in [3.63, 3.8) is 0 Å². The average molecular weight is 457 g/mol. The van der Waals surface area contributed by atoms with Crippen LogP contribution in [0.4, 0.5) is 0 Å². The molecule has 140 valence electrons. The molecule has 5 heterocycles. The largest absolute Gasteiger partial charge is 0.461 e. The Morgan fingerprint density at radius 3 is 2.12 bits per heavy atom. The number of carbonyl (C=O) groups is 1. The van der Waals surface area contributed by atoms with Gasteiger partial charge in [0.25, 0.3) is 0 Å². The van der Waals surface area contributed by atoms with Crippen LogP contribution in [0.15, 0.2) is 35.0 Å². The van der Waals surface area contributed by atoms with Gasteiger partial charge in [-0.15, -0.1) is 39.7 Å². The van der Waals surface area contributed by atoms with Gasteiger partial charge in [-0.2, -0.15) is 0 Å². The van der Waals surface area contributed by atoms with Crippen LogP contribution in [0.2, 0.25) is 0 Å². The van der Waals surface area contributed by atoms with Crippen molar-refractivity contribution in [2.45, 2.75) is 49.2 Å². The first kappa shape index (κ1) is 18.6. The van der Waals surface area contributed by atoms with Crippen molar-refractivity contribution in [1.82, 2.24) is 0 Å². The average Bonchev–Trinajstić information content (AvgIpc) is 2.91. The molecule has 0 radical (unpaired) electrons. The molecule has 0 amide bonds. The van der Waals surface area contributed by atoms with E-state index in [0.717, 1.165) is 27.1 Å². The van der Waals surface area contributed by atoms with Gasteiger partial charge in [-0.1, -0.05) is 12.1 Å². The minimum absolute atomic E-state index is 0. The summed E-state index contributed by atoms with van der Waals surface area (Å²) >= 11 is 3.25. The number of halogens is 1. The van der Waals surface area contributed by atoms with Crippen LogP contribution in [-0.2, 0) is 14.3 Å². The van der Waals surface area contributed by atoms with Crippen LogP contribution in [0, 0.1) is 0 Å². The first-order chi connectivity index (χ1) is 12.1. The number of esters is 1. The van der Waals surface area contributed by atoms with Crippen molar-refractivity contribution in [1.29, 1.82) is 0 Å². The number of epoxide rings is 1. The number of piperidine rings is 1. The van der Waals surface area contributed by atoms with E-state index in [1.807, 2.05) is 35.0 Å². The number of thiophene rings is 2. The van der Waals surface area contributed by atoms with Crippen LogP contribution in [0.3, 0.4) is 0 Å². The van der Waals surface area contributed by atoms with E-state index >= 15 is 0 Å². The zero-order valence-electron chi connectivity index (χ0n) is 14.7. The molecule has 2 aromatic heterocycles. The fraction of sp³-hybridized carbons (Fsp3) is 0.526. The minimum Gasteiger partial charge on any atom is -0.461 e. The Morgan fingerprint density at radius 1 is 1.12 bits per heavy atom. The standard InChI is InChI=1S/C19H22NO3S2.BrH/c1-20(2)12-9-11(10-13(20)18-17(12)23-18)22-19(21)16(14-5-3-7-24-14)15-6-4-8-25-15;/h3-8,11-13,16-18H,9-10H2,1-2H3;1H/q+1;. The molecular weight excluding hydrogens is 434 g/mol. The molecule has 3 aliphatic rings. The summed E-state index contributed by atoms with van der Waals surface area (Å²) in [6.07, 6.45) is 2.62. The Bertz CT molecular complexity index is 723. The molecule has 7 heteroatoms. The van der Waals surface area contributed by atoms with Gasteiger partial charge in [-0.05, 0) is 22.9 Å². The van der Waals surface area contributed by atoms with Crippen LogP contribution >= 0.6 is 39.7 Å². The Labute approximate surface area is 172 Å². The number of nitrogens with zero attached hydrogens (tertiary/aromatic N) is 1. The predicted octanol–water partition coefficient (Wildman–Crippen LogP) is 3.82. The lowest BCUT2D eigenvalue weighted by Gasteiger charge is -2.45. The van der Waals surface area contributed by atoms with Crippen molar-refractivity contribution < 1.29 is 18.8 Å². The zero-order valence-corrected chi connectivity index (χ0v) is 18.1. The van der Waals surface area contributed by atoms with E-state index in [0.29, 0.717) is 24.3 Å². The van der Waals surface area contributed by atoms with Gasteiger partial charge < -0.3 is 14.0 Å². The number of ether oxygens (including phenoxy) is 2. The van der Waals surface area contributed by atoms with Crippen LogP contribution in [-0.4, -0.2) is 54.9 Å². The summed E-state index contributed by atoms with van der Waals surface area (Å²) in [5.74, 6) is -0.385. The van der Waals surface area contributed by atoms with Crippen LogP contribution < -0.4 is 0 Å². The summed E-state index contributed by atoms with van der Waals surface area (Å²) in [7, 11) is 4.59.